The molecule has 1 N–H and O–H groups in total. The van der Waals surface area contributed by atoms with Crippen molar-refractivity contribution in [2.45, 2.75) is 13.0 Å². The molecule has 1 aliphatic rings. The van der Waals surface area contributed by atoms with Crippen LogP contribution in [0.2, 0.25) is 0 Å². The molecule has 0 unspecified atom stereocenters. The highest BCUT2D eigenvalue weighted by Gasteiger charge is 2.20. The van der Waals surface area contributed by atoms with Crippen molar-refractivity contribution in [3.8, 4) is 5.69 Å². The van der Waals surface area contributed by atoms with Crippen LogP contribution in [0.4, 0.5) is 0 Å². The van der Waals surface area contributed by atoms with Gasteiger partial charge in [0.2, 0.25) is 11.6 Å². The summed E-state index contributed by atoms with van der Waals surface area (Å²) in [6.07, 6.45) is 4.24. The molecule has 21 heavy (non-hydrogen) atoms. The number of pyridine rings is 1. The summed E-state index contributed by atoms with van der Waals surface area (Å²) in [6, 6.07) is 8.87. The number of nitrogens with one attached hydrogen (secondary N) is 1. The Hall–Kier alpha value is -1.35. The fraction of sp³-hybridized carbons (Fsp3) is 0.143. The first kappa shape index (κ1) is 14.6. The Kier molecular flexibility index (Phi) is 3.78. The molecule has 1 aromatic carbocycles. The standard InChI is InChI=1S/C14H11Cl2N2O2P/c15-21(16,20)13-3-1-12(2-4-13)18-6-5-10-8-17-14(19)7-11(10)9-18/h1-6,9H,7-8H2/p+1. The van der Waals surface area contributed by atoms with Crippen LogP contribution < -0.4 is 15.2 Å². The van der Waals surface area contributed by atoms with Crippen LogP contribution >= 0.6 is 28.3 Å². The van der Waals surface area contributed by atoms with E-state index in [1.807, 2.05) is 23.0 Å². The molecular weight excluding hydrogens is 330 g/mol. The number of amides is 1. The van der Waals surface area contributed by atoms with Crippen LogP contribution in [0.5, 0.6) is 0 Å². The summed E-state index contributed by atoms with van der Waals surface area (Å²) >= 11 is 11.3. The average Bonchev–Trinajstić information content (AvgIpc) is 2.45. The van der Waals surface area contributed by atoms with E-state index >= 15 is 0 Å². The van der Waals surface area contributed by atoms with Crippen molar-refractivity contribution in [1.29, 1.82) is 0 Å². The Morgan fingerprint density at radius 1 is 1.10 bits per heavy atom. The van der Waals surface area contributed by atoms with Gasteiger partial charge in [0.05, 0.1) is 6.42 Å². The van der Waals surface area contributed by atoms with Crippen molar-refractivity contribution < 1.29 is 13.9 Å². The number of hydrogen-bond acceptors (Lipinski definition) is 2. The molecule has 0 aliphatic carbocycles. The first-order valence-electron chi connectivity index (χ1n) is 6.33. The SMILES string of the molecule is O=C1Cc2c[n+](-c3ccc(P(=O)(Cl)Cl)cc3)ccc2CN1. The minimum atomic E-state index is -3.27. The van der Waals surface area contributed by atoms with E-state index in [0.29, 0.717) is 18.3 Å². The zero-order valence-electron chi connectivity index (χ0n) is 10.9. The average molecular weight is 342 g/mol. The van der Waals surface area contributed by atoms with Crippen LogP contribution in [0.3, 0.4) is 0 Å². The second-order valence-corrected chi connectivity index (χ2v) is 9.65. The Labute approximate surface area is 131 Å². The molecule has 0 atom stereocenters. The van der Waals surface area contributed by atoms with Gasteiger partial charge in [-0.2, -0.15) is 4.57 Å². The maximum absolute atomic E-state index is 11.6. The molecular formula is C14H12Cl2N2O2P+. The predicted molar refractivity (Wildman–Crippen MR) is 82.5 cm³/mol. The first-order chi connectivity index (χ1) is 9.93. The summed E-state index contributed by atoms with van der Waals surface area (Å²) in [5, 5.41) is 3.22. The van der Waals surface area contributed by atoms with Crippen LogP contribution in [0, 0.1) is 0 Å². The number of aromatic nitrogens is 1. The third-order valence-corrected chi connectivity index (χ3v) is 5.49. The highest BCUT2D eigenvalue weighted by molar-refractivity contribution is 8.13. The third-order valence-electron chi connectivity index (χ3n) is 3.42. The first-order valence-corrected chi connectivity index (χ1v) is 9.85. The van der Waals surface area contributed by atoms with Crippen molar-refractivity contribution in [1.82, 2.24) is 5.32 Å². The third kappa shape index (κ3) is 3.13. The Bertz CT molecular complexity index is 756. The van der Waals surface area contributed by atoms with Crippen LogP contribution in [0.15, 0.2) is 42.7 Å². The van der Waals surface area contributed by atoms with Gasteiger partial charge in [0, 0.05) is 35.6 Å². The molecule has 2 aromatic rings. The maximum Gasteiger partial charge on any atom is 0.281 e. The molecule has 2 heterocycles. The lowest BCUT2D eigenvalue weighted by Gasteiger charge is -2.14. The fourth-order valence-corrected chi connectivity index (χ4v) is 3.46. The molecule has 1 aromatic heterocycles. The fourth-order valence-electron chi connectivity index (χ4n) is 2.29. The van der Waals surface area contributed by atoms with Crippen molar-refractivity contribution in [3.05, 3.63) is 53.9 Å². The van der Waals surface area contributed by atoms with E-state index in [1.54, 1.807) is 24.3 Å². The number of halogens is 2. The molecule has 0 bridgehead atoms. The normalized spacial score (nSPS) is 14.5. The molecule has 7 heteroatoms. The molecule has 3 rings (SSSR count). The Balaban J connectivity index is 1.96. The van der Waals surface area contributed by atoms with E-state index < -0.39 is 5.85 Å². The van der Waals surface area contributed by atoms with Crippen molar-refractivity contribution in [3.63, 3.8) is 0 Å². The lowest BCUT2D eigenvalue weighted by Crippen LogP contribution is -2.36. The van der Waals surface area contributed by atoms with E-state index in [-0.39, 0.29) is 5.91 Å². The second-order valence-electron chi connectivity index (χ2n) is 4.83. The van der Waals surface area contributed by atoms with Gasteiger partial charge in [0.15, 0.2) is 12.4 Å². The minimum absolute atomic E-state index is 0.0285. The number of rotatable bonds is 2. The number of benzene rings is 1. The van der Waals surface area contributed by atoms with Crippen LogP contribution in [-0.2, 0) is 22.3 Å². The predicted octanol–water partition coefficient (Wildman–Crippen LogP) is 2.43. The van der Waals surface area contributed by atoms with E-state index in [0.717, 1.165) is 16.8 Å². The van der Waals surface area contributed by atoms with Crippen LogP contribution in [-0.4, -0.2) is 5.91 Å². The zero-order chi connectivity index (χ0) is 15.0. The van der Waals surface area contributed by atoms with Gasteiger partial charge in [0.1, 0.15) is 0 Å². The number of fused-ring (bicyclic) bond motifs is 1. The van der Waals surface area contributed by atoms with E-state index in [1.165, 1.54) is 0 Å². The Morgan fingerprint density at radius 3 is 2.48 bits per heavy atom. The van der Waals surface area contributed by atoms with Gasteiger partial charge in [-0.3, -0.25) is 9.36 Å². The molecule has 1 amide bonds. The molecule has 0 radical (unpaired) electrons. The monoisotopic (exact) mass is 341 g/mol. The van der Waals surface area contributed by atoms with Gasteiger partial charge in [0.25, 0.3) is 5.85 Å². The number of nitrogens with zero attached hydrogens (tertiary/aromatic N) is 1. The summed E-state index contributed by atoms with van der Waals surface area (Å²) in [5.74, 6) is -3.25. The van der Waals surface area contributed by atoms with Gasteiger partial charge in [-0.15, -0.1) is 0 Å². The summed E-state index contributed by atoms with van der Waals surface area (Å²) in [5.41, 5.74) is 3.01. The highest BCUT2D eigenvalue weighted by Crippen LogP contribution is 2.55. The zero-order valence-corrected chi connectivity index (χ0v) is 13.3. The summed E-state index contributed by atoms with van der Waals surface area (Å²) in [7, 11) is 0. The molecule has 1 aliphatic heterocycles. The lowest BCUT2D eigenvalue weighted by atomic mass is 10.0. The summed E-state index contributed by atoms with van der Waals surface area (Å²) < 4.78 is 13.5. The van der Waals surface area contributed by atoms with Gasteiger partial charge < -0.3 is 5.32 Å². The van der Waals surface area contributed by atoms with Crippen molar-refractivity contribution in [2.75, 3.05) is 0 Å². The molecule has 0 saturated heterocycles. The summed E-state index contributed by atoms with van der Waals surface area (Å²) in [6.45, 7) is 0.565. The smallest absolute Gasteiger partial charge is 0.281 e. The number of carbonyl (C=O) groups excluding carboxylic acids is 1. The molecule has 0 saturated carbocycles. The minimum Gasteiger partial charge on any atom is -0.352 e. The lowest BCUT2D eigenvalue weighted by molar-refractivity contribution is -0.596. The van der Waals surface area contributed by atoms with Crippen LogP contribution in [0.25, 0.3) is 5.69 Å². The van der Waals surface area contributed by atoms with E-state index in [2.05, 4.69) is 5.32 Å². The molecule has 0 spiro atoms. The van der Waals surface area contributed by atoms with Gasteiger partial charge in [-0.25, -0.2) is 0 Å². The van der Waals surface area contributed by atoms with Crippen molar-refractivity contribution >= 4 is 39.5 Å². The van der Waals surface area contributed by atoms with Crippen molar-refractivity contribution in [2.24, 2.45) is 0 Å². The summed E-state index contributed by atoms with van der Waals surface area (Å²) in [4.78, 5) is 11.4. The van der Waals surface area contributed by atoms with Gasteiger partial charge in [-0.05, 0) is 40.2 Å². The second kappa shape index (κ2) is 5.45. The number of carbonyl (C=O) groups is 1. The highest BCUT2D eigenvalue weighted by atomic mass is 35.9. The number of hydrogen-bond donors (Lipinski definition) is 1. The molecule has 4 nitrogen and oxygen atoms in total. The molecule has 0 fully saturated rings. The van der Waals surface area contributed by atoms with E-state index in [4.69, 9.17) is 22.5 Å². The quantitative estimate of drug-likeness (QED) is 0.673. The Morgan fingerprint density at radius 2 is 1.81 bits per heavy atom. The van der Waals surface area contributed by atoms with E-state index in [9.17, 15) is 9.36 Å². The van der Waals surface area contributed by atoms with Gasteiger partial charge >= 0.3 is 0 Å². The maximum atomic E-state index is 11.6. The molecule has 108 valence electrons. The largest absolute Gasteiger partial charge is 0.352 e. The van der Waals surface area contributed by atoms with Gasteiger partial charge in [-0.1, -0.05) is 0 Å². The van der Waals surface area contributed by atoms with Crippen LogP contribution in [0.1, 0.15) is 11.1 Å². The topological polar surface area (TPSA) is 50.0 Å².